The van der Waals surface area contributed by atoms with Crippen molar-refractivity contribution in [3.8, 4) is 0 Å². The Kier molecular flexibility index (Phi) is 8.56. The number of likely N-dealkylation sites (N-methyl/N-ethyl adjacent to an activating group) is 1. The number of benzene rings is 1. The van der Waals surface area contributed by atoms with Gasteiger partial charge in [-0.05, 0) is 38.2 Å². The summed E-state index contributed by atoms with van der Waals surface area (Å²) < 4.78 is 13.1. The van der Waals surface area contributed by atoms with Gasteiger partial charge in [-0.15, -0.1) is 24.0 Å². The highest BCUT2D eigenvalue weighted by Gasteiger charge is 2.21. The zero-order valence-corrected chi connectivity index (χ0v) is 18.7. The molecule has 6 nitrogen and oxygen atoms in total. The molecule has 27 heavy (non-hydrogen) atoms. The average Bonchev–Trinajstić information content (AvgIpc) is 2.67. The van der Waals surface area contributed by atoms with Crippen molar-refractivity contribution in [2.75, 3.05) is 70.9 Å². The molecule has 152 valence electrons. The van der Waals surface area contributed by atoms with E-state index < -0.39 is 0 Å². The van der Waals surface area contributed by atoms with Crippen LogP contribution >= 0.6 is 24.0 Å². The predicted octanol–water partition coefficient (Wildman–Crippen LogP) is 1.52. The summed E-state index contributed by atoms with van der Waals surface area (Å²) >= 11 is 0. The standard InChI is InChI=1S/C19H31FN6.HI/c1-16(24-9-7-23(2)8-10-24)15-22-19(21)26-13-11-25(12-14-26)18-5-3-17(20)4-6-18;/h3-6,16H,7-15H2,1-2H3,(H2,21,22);1H. The minimum atomic E-state index is -0.196. The Bertz CT molecular complexity index is 595. The summed E-state index contributed by atoms with van der Waals surface area (Å²) in [6.07, 6.45) is 0. The minimum absolute atomic E-state index is 0. The van der Waals surface area contributed by atoms with Crippen molar-refractivity contribution in [2.45, 2.75) is 13.0 Å². The number of nitrogens with zero attached hydrogens (tertiary/aromatic N) is 5. The number of piperazine rings is 2. The third-order valence-electron chi connectivity index (χ3n) is 5.47. The molecule has 0 saturated carbocycles. The monoisotopic (exact) mass is 490 g/mol. The van der Waals surface area contributed by atoms with Crippen LogP contribution in [0.15, 0.2) is 29.3 Å². The molecule has 0 amide bonds. The summed E-state index contributed by atoms with van der Waals surface area (Å²) in [5, 5.41) is 0. The number of nitrogens with two attached hydrogens (primary N) is 1. The van der Waals surface area contributed by atoms with Crippen LogP contribution in [0, 0.1) is 5.82 Å². The van der Waals surface area contributed by atoms with Crippen molar-refractivity contribution in [2.24, 2.45) is 10.7 Å². The van der Waals surface area contributed by atoms with Gasteiger partial charge in [0, 0.05) is 64.1 Å². The molecule has 0 bridgehead atoms. The molecule has 1 aromatic carbocycles. The SMILES string of the molecule is CC(CN=C(N)N1CCN(c2ccc(F)cc2)CC1)N1CCN(C)CC1.I. The van der Waals surface area contributed by atoms with Crippen molar-refractivity contribution < 1.29 is 4.39 Å². The molecule has 0 aromatic heterocycles. The fourth-order valence-corrected chi connectivity index (χ4v) is 3.55. The van der Waals surface area contributed by atoms with E-state index in [0.29, 0.717) is 12.0 Å². The summed E-state index contributed by atoms with van der Waals surface area (Å²) in [5.41, 5.74) is 7.29. The summed E-state index contributed by atoms with van der Waals surface area (Å²) in [7, 11) is 2.17. The number of hydrogen-bond acceptors (Lipinski definition) is 4. The number of rotatable bonds is 4. The highest BCUT2D eigenvalue weighted by Crippen LogP contribution is 2.16. The fourth-order valence-electron chi connectivity index (χ4n) is 3.55. The van der Waals surface area contributed by atoms with E-state index >= 15 is 0 Å². The van der Waals surface area contributed by atoms with Gasteiger partial charge in [-0.3, -0.25) is 9.89 Å². The number of anilines is 1. The smallest absolute Gasteiger partial charge is 0.191 e. The van der Waals surface area contributed by atoms with Gasteiger partial charge in [0.05, 0.1) is 6.54 Å². The van der Waals surface area contributed by atoms with Gasteiger partial charge in [0.15, 0.2) is 5.96 Å². The Hall–Kier alpha value is -1.13. The maximum atomic E-state index is 13.1. The fraction of sp³-hybridized carbons (Fsp3) is 0.632. The third kappa shape index (κ3) is 6.18. The van der Waals surface area contributed by atoms with E-state index in [1.807, 2.05) is 12.1 Å². The largest absolute Gasteiger partial charge is 0.370 e. The summed E-state index contributed by atoms with van der Waals surface area (Å²) in [5.74, 6) is 0.447. The van der Waals surface area contributed by atoms with Gasteiger partial charge in [0.2, 0.25) is 0 Å². The first-order valence-electron chi connectivity index (χ1n) is 9.51. The summed E-state index contributed by atoms with van der Waals surface area (Å²) in [6, 6.07) is 7.11. The molecular formula is C19H32FIN6. The van der Waals surface area contributed by atoms with Gasteiger partial charge in [0.25, 0.3) is 0 Å². The van der Waals surface area contributed by atoms with Crippen LogP contribution in [0.2, 0.25) is 0 Å². The van der Waals surface area contributed by atoms with E-state index in [1.165, 1.54) is 12.1 Å². The summed E-state index contributed by atoms with van der Waals surface area (Å²) in [4.78, 5) is 13.9. The number of halogens is 2. The molecule has 8 heteroatoms. The van der Waals surface area contributed by atoms with Crippen molar-refractivity contribution >= 4 is 35.6 Å². The molecular weight excluding hydrogens is 458 g/mol. The quantitative estimate of drug-likeness (QED) is 0.394. The lowest BCUT2D eigenvalue weighted by molar-refractivity contribution is 0.122. The normalized spacial score (nSPS) is 21.1. The lowest BCUT2D eigenvalue weighted by atomic mass is 10.2. The molecule has 1 unspecified atom stereocenters. The van der Waals surface area contributed by atoms with Crippen LogP contribution < -0.4 is 10.6 Å². The first kappa shape index (κ1) is 22.2. The maximum absolute atomic E-state index is 13.1. The van der Waals surface area contributed by atoms with Crippen molar-refractivity contribution in [3.05, 3.63) is 30.1 Å². The highest BCUT2D eigenvalue weighted by atomic mass is 127. The van der Waals surface area contributed by atoms with E-state index in [2.05, 4.69) is 38.6 Å². The second-order valence-corrected chi connectivity index (χ2v) is 7.34. The second-order valence-electron chi connectivity index (χ2n) is 7.34. The van der Waals surface area contributed by atoms with Crippen molar-refractivity contribution in [1.29, 1.82) is 0 Å². The number of guanidine groups is 1. The lowest BCUT2D eigenvalue weighted by Gasteiger charge is -2.37. The average molecular weight is 490 g/mol. The first-order chi connectivity index (χ1) is 12.5. The van der Waals surface area contributed by atoms with Crippen LogP contribution in [-0.2, 0) is 0 Å². The molecule has 0 spiro atoms. The summed E-state index contributed by atoms with van der Waals surface area (Å²) in [6.45, 7) is 10.8. The third-order valence-corrected chi connectivity index (χ3v) is 5.47. The molecule has 0 radical (unpaired) electrons. The van der Waals surface area contributed by atoms with Crippen LogP contribution in [0.1, 0.15) is 6.92 Å². The molecule has 3 rings (SSSR count). The first-order valence-corrected chi connectivity index (χ1v) is 9.51. The Balaban J connectivity index is 0.00000261. The Labute approximate surface area is 179 Å². The van der Waals surface area contributed by atoms with Gasteiger partial charge in [-0.25, -0.2) is 4.39 Å². The zero-order valence-electron chi connectivity index (χ0n) is 16.4. The molecule has 2 N–H and O–H groups in total. The van der Waals surface area contributed by atoms with Crippen LogP contribution in [0.4, 0.5) is 10.1 Å². The van der Waals surface area contributed by atoms with Crippen LogP contribution in [0.5, 0.6) is 0 Å². The van der Waals surface area contributed by atoms with E-state index in [0.717, 1.165) is 64.6 Å². The Morgan fingerprint density at radius 3 is 2.22 bits per heavy atom. The van der Waals surface area contributed by atoms with E-state index in [1.54, 1.807) is 0 Å². The van der Waals surface area contributed by atoms with Gasteiger partial charge in [-0.1, -0.05) is 0 Å². The second kappa shape index (κ2) is 10.4. The van der Waals surface area contributed by atoms with E-state index in [4.69, 9.17) is 5.73 Å². The van der Waals surface area contributed by atoms with Gasteiger partial charge < -0.3 is 20.4 Å². The van der Waals surface area contributed by atoms with E-state index in [9.17, 15) is 4.39 Å². The maximum Gasteiger partial charge on any atom is 0.191 e. The van der Waals surface area contributed by atoms with Gasteiger partial charge >= 0.3 is 0 Å². The van der Waals surface area contributed by atoms with Crippen LogP contribution in [0.3, 0.4) is 0 Å². The van der Waals surface area contributed by atoms with Crippen LogP contribution in [-0.4, -0.2) is 92.7 Å². The minimum Gasteiger partial charge on any atom is -0.370 e. The van der Waals surface area contributed by atoms with E-state index in [-0.39, 0.29) is 29.8 Å². The topological polar surface area (TPSA) is 51.3 Å². The molecule has 1 aromatic rings. The molecule has 2 aliphatic rings. The molecule has 1 atom stereocenters. The molecule has 2 heterocycles. The number of aliphatic imine (C=N–C) groups is 1. The zero-order chi connectivity index (χ0) is 18.5. The Morgan fingerprint density at radius 2 is 1.63 bits per heavy atom. The van der Waals surface area contributed by atoms with Crippen LogP contribution in [0.25, 0.3) is 0 Å². The predicted molar refractivity (Wildman–Crippen MR) is 121 cm³/mol. The van der Waals surface area contributed by atoms with Gasteiger partial charge in [-0.2, -0.15) is 0 Å². The Morgan fingerprint density at radius 1 is 1.04 bits per heavy atom. The number of hydrogen-bond donors (Lipinski definition) is 1. The molecule has 2 saturated heterocycles. The molecule has 2 aliphatic heterocycles. The molecule has 0 aliphatic carbocycles. The van der Waals surface area contributed by atoms with Crippen molar-refractivity contribution in [3.63, 3.8) is 0 Å². The van der Waals surface area contributed by atoms with Crippen molar-refractivity contribution in [1.82, 2.24) is 14.7 Å². The molecule has 2 fully saturated rings. The highest BCUT2D eigenvalue weighted by molar-refractivity contribution is 14.0. The van der Waals surface area contributed by atoms with Gasteiger partial charge in [0.1, 0.15) is 5.82 Å². The lowest BCUT2D eigenvalue weighted by Crippen LogP contribution is -2.52.